The SMILES string of the molecule is C=CCN1C(=O)C(Nc2cc(OC)cc(OC)c2)=C(c2ccc(OCCC)cc2)C1=O. The van der Waals surface area contributed by atoms with Gasteiger partial charge in [0.05, 0.1) is 26.4 Å². The summed E-state index contributed by atoms with van der Waals surface area (Å²) in [6, 6.07) is 12.3. The fourth-order valence-corrected chi connectivity index (χ4v) is 3.22. The Balaban J connectivity index is 2.03. The molecule has 1 heterocycles. The molecule has 7 nitrogen and oxygen atoms in total. The molecule has 0 saturated carbocycles. The van der Waals surface area contributed by atoms with E-state index in [1.54, 1.807) is 56.7 Å². The highest BCUT2D eigenvalue weighted by Gasteiger charge is 2.38. The number of imide groups is 1. The third-order valence-electron chi connectivity index (χ3n) is 4.72. The summed E-state index contributed by atoms with van der Waals surface area (Å²) in [4.78, 5) is 27.3. The number of rotatable bonds is 10. The first-order valence-corrected chi connectivity index (χ1v) is 9.97. The second kappa shape index (κ2) is 9.84. The standard InChI is InChI=1S/C24H26N2O5/c1-5-11-26-23(27)21(16-7-9-18(10-8-16)31-12-6-2)22(24(26)28)25-17-13-19(29-3)15-20(14-17)30-4/h5,7-10,13-15,25H,1,6,11-12H2,2-4H3. The quantitative estimate of drug-likeness (QED) is 0.463. The van der Waals surface area contributed by atoms with Gasteiger partial charge in [0.1, 0.15) is 22.9 Å². The van der Waals surface area contributed by atoms with Crippen molar-refractivity contribution >= 4 is 23.1 Å². The predicted octanol–water partition coefficient (Wildman–Crippen LogP) is 3.87. The van der Waals surface area contributed by atoms with Crippen LogP contribution in [0.4, 0.5) is 5.69 Å². The highest BCUT2D eigenvalue weighted by atomic mass is 16.5. The summed E-state index contributed by atoms with van der Waals surface area (Å²) in [6.45, 7) is 6.40. The number of benzene rings is 2. The topological polar surface area (TPSA) is 77.1 Å². The zero-order valence-corrected chi connectivity index (χ0v) is 17.9. The average molecular weight is 422 g/mol. The minimum Gasteiger partial charge on any atom is -0.497 e. The predicted molar refractivity (Wildman–Crippen MR) is 119 cm³/mol. The molecule has 0 bridgehead atoms. The lowest BCUT2D eigenvalue weighted by Gasteiger charge is -2.13. The molecule has 0 spiro atoms. The van der Waals surface area contributed by atoms with Gasteiger partial charge in [0.15, 0.2) is 0 Å². The van der Waals surface area contributed by atoms with E-state index in [-0.39, 0.29) is 23.7 Å². The van der Waals surface area contributed by atoms with E-state index in [1.165, 1.54) is 6.08 Å². The van der Waals surface area contributed by atoms with E-state index in [9.17, 15) is 9.59 Å². The number of carbonyl (C=O) groups excluding carboxylic acids is 2. The number of nitrogens with zero attached hydrogens (tertiary/aromatic N) is 1. The second-order valence-electron chi connectivity index (χ2n) is 6.86. The van der Waals surface area contributed by atoms with Crippen molar-refractivity contribution < 1.29 is 23.8 Å². The minimum absolute atomic E-state index is 0.117. The Morgan fingerprint density at radius 3 is 2.16 bits per heavy atom. The van der Waals surface area contributed by atoms with Gasteiger partial charge in [0, 0.05) is 30.4 Å². The molecule has 3 rings (SSSR count). The molecule has 7 heteroatoms. The molecule has 1 aliphatic rings. The first-order chi connectivity index (χ1) is 15.0. The summed E-state index contributed by atoms with van der Waals surface area (Å²) in [5, 5.41) is 3.10. The van der Waals surface area contributed by atoms with Gasteiger partial charge in [0.25, 0.3) is 11.8 Å². The summed E-state index contributed by atoms with van der Waals surface area (Å²) in [5.74, 6) is 1.01. The molecule has 0 fully saturated rings. The van der Waals surface area contributed by atoms with Crippen LogP contribution in [0.5, 0.6) is 17.2 Å². The van der Waals surface area contributed by atoms with Crippen molar-refractivity contribution in [2.45, 2.75) is 13.3 Å². The maximum Gasteiger partial charge on any atom is 0.278 e. The number of hydrogen-bond acceptors (Lipinski definition) is 6. The monoisotopic (exact) mass is 422 g/mol. The minimum atomic E-state index is -0.423. The molecule has 31 heavy (non-hydrogen) atoms. The first kappa shape index (κ1) is 22.0. The van der Waals surface area contributed by atoms with Crippen LogP contribution in [0.15, 0.2) is 60.8 Å². The van der Waals surface area contributed by atoms with Crippen molar-refractivity contribution in [3.63, 3.8) is 0 Å². The molecule has 0 aliphatic carbocycles. The maximum absolute atomic E-state index is 13.1. The van der Waals surface area contributed by atoms with Crippen LogP contribution in [-0.2, 0) is 9.59 Å². The number of carbonyl (C=O) groups is 2. The molecule has 0 saturated heterocycles. The van der Waals surface area contributed by atoms with Crippen molar-refractivity contribution in [1.29, 1.82) is 0 Å². The molecule has 0 aromatic heterocycles. The Morgan fingerprint density at radius 2 is 1.61 bits per heavy atom. The van der Waals surface area contributed by atoms with Crippen LogP contribution >= 0.6 is 0 Å². The largest absolute Gasteiger partial charge is 0.497 e. The lowest BCUT2D eigenvalue weighted by Crippen LogP contribution is -2.32. The van der Waals surface area contributed by atoms with Crippen molar-refractivity contribution in [3.8, 4) is 17.2 Å². The first-order valence-electron chi connectivity index (χ1n) is 9.97. The molecule has 1 aliphatic heterocycles. The molecule has 0 atom stereocenters. The van der Waals surface area contributed by atoms with E-state index in [0.29, 0.717) is 35.1 Å². The molecule has 0 radical (unpaired) electrons. The summed E-state index contributed by atoms with van der Waals surface area (Å²) < 4.78 is 16.2. The van der Waals surface area contributed by atoms with Crippen molar-refractivity contribution in [1.82, 2.24) is 4.90 Å². The number of anilines is 1. The molecular formula is C24H26N2O5. The lowest BCUT2D eigenvalue weighted by atomic mass is 10.0. The van der Waals surface area contributed by atoms with Crippen molar-refractivity contribution in [3.05, 3.63) is 66.4 Å². The molecule has 0 unspecified atom stereocenters. The third-order valence-corrected chi connectivity index (χ3v) is 4.72. The number of hydrogen-bond donors (Lipinski definition) is 1. The maximum atomic E-state index is 13.1. The highest BCUT2D eigenvalue weighted by Crippen LogP contribution is 2.33. The van der Waals surface area contributed by atoms with Crippen LogP contribution in [-0.4, -0.2) is 44.1 Å². The van der Waals surface area contributed by atoms with Gasteiger partial charge in [-0.05, 0) is 24.1 Å². The fraction of sp³-hybridized carbons (Fsp3) is 0.250. The van der Waals surface area contributed by atoms with E-state index in [0.717, 1.165) is 11.3 Å². The van der Waals surface area contributed by atoms with Crippen LogP contribution in [0, 0.1) is 0 Å². The van der Waals surface area contributed by atoms with E-state index in [2.05, 4.69) is 11.9 Å². The molecule has 2 aromatic rings. The Labute approximate surface area is 181 Å². The zero-order valence-electron chi connectivity index (χ0n) is 17.9. The van der Waals surface area contributed by atoms with E-state index >= 15 is 0 Å². The molecular weight excluding hydrogens is 396 g/mol. The summed E-state index contributed by atoms with van der Waals surface area (Å²) in [6.07, 6.45) is 2.42. The van der Waals surface area contributed by atoms with Gasteiger partial charge in [-0.2, -0.15) is 0 Å². The molecule has 2 aromatic carbocycles. The Bertz CT molecular complexity index is 989. The smallest absolute Gasteiger partial charge is 0.278 e. The van der Waals surface area contributed by atoms with Gasteiger partial charge in [-0.3, -0.25) is 14.5 Å². The number of ether oxygens (including phenoxy) is 3. The van der Waals surface area contributed by atoms with E-state index in [4.69, 9.17) is 14.2 Å². The van der Waals surface area contributed by atoms with Crippen LogP contribution in [0.3, 0.4) is 0 Å². The number of methoxy groups -OCH3 is 2. The fourth-order valence-electron chi connectivity index (χ4n) is 3.22. The highest BCUT2D eigenvalue weighted by molar-refractivity contribution is 6.36. The van der Waals surface area contributed by atoms with Gasteiger partial charge in [-0.25, -0.2) is 0 Å². The Kier molecular flexibility index (Phi) is 6.97. The van der Waals surface area contributed by atoms with E-state index in [1.807, 2.05) is 6.92 Å². The van der Waals surface area contributed by atoms with Crippen LogP contribution in [0.2, 0.25) is 0 Å². The summed E-state index contributed by atoms with van der Waals surface area (Å²) >= 11 is 0. The Morgan fingerprint density at radius 1 is 0.968 bits per heavy atom. The normalized spacial score (nSPS) is 13.5. The van der Waals surface area contributed by atoms with Crippen LogP contribution in [0.25, 0.3) is 5.57 Å². The van der Waals surface area contributed by atoms with Gasteiger partial charge in [-0.1, -0.05) is 25.1 Å². The van der Waals surface area contributed by atoms with E-state index < -0.39 is 5.91 Å². The molecule has 2 amide bonds. The zero-order chi connectivity index (χ0) is 22.4. The van der Waals surface area contributed by atoms with Gasteiger partial charge < -0.3 is 19.5 Å². The average Bonchev–Trinajstić information content (AvgIpc) is 3.02. The second-order valence-corrected chi connectivity index (χ2v) is 6.86. The molecule has 162 valence electrons. The number of amides is 2. The summed E-state index contributed by atoms with van der Waals surface area (Å²) in [7, 11) is 3.09. The Hall–Kier alpha value is -3.74. The third kappa shape index (κ3) is 4.71. The van der Waals surface area contributed by atoms with Crippen molar-refractivity contribution in [2.24, 2.45) is 0 Å². The van der Waals surface area contributed by atoms with Gasteiger partial charge >= 0.3 is 0 Å². The summed E-state index contributed by atoms with van der Waals surface area (Å²) in [5.41, 5.74) is 1.65. The van der Waals surface area contributed by atoms with Gasteiger partial charge in [0.2, 0.25) is 0 Å². The van der Waals surface area contributed by atoms with Crippen LogP contribution < -0.4 is 19.5 Å². The molecule has 1 N–H and O–H groups in total. The van der Waals surface area contributed by atoms with Gasteiger partial charge in [-0.15, -0.1) is 6.58 Å². The lowest BCUT2D eigenvalue weighted by molar-refractivity contribution is -0.136. The van der Waals surface area contributed by atoms with Crippen molar-refractivity contribution in [2.75, 3.05) is 32.7 Å². The number of nitrogens with one attached hydrogen (secondary N) is 1. The van der Waals surface area contributed by atoms with Crippen LogP contribution in [0.1, 0.15) is 18.9 Å².